The zero-order chi connectivity index (χ0) is 11.4. The molecule has 0 saturated carbocycles. The van der Waals surface area contributed by atoms with Crippen molar-refractivity contribution in [3.05, 3.63) is 34.1 Å². The molecule has 1 aromatic rings. The number of benzene rings is 1. The van der Waals surface area contributed by atoms with Gasteiger partial charge in [0.05, 0.1) is 11.0 Å². The van der Waals surface area contributed by atoms with Crippen molar-refractivity contribution in [2.75, 3.05) is 6.54 Å². The highest BCUT2D eigenvalue weighted by Crippen LogP contribution is 2.20. The molecule has 1 rings (SSSR count). The Bertz CT molecular complexity index is 370. The third kappa shape index (κ3) is 3.60. The first-order valence-corrected chi connectivity index (χ1v) is 5.26. The van der Waals surface area contributed by atoms with Crippen LogP contribution in [0.3, 0.4) is 0 Å². The molecule has 1 amide bonds. The van der Waals surface area contributed by atoms with Crippen LogP contribution in [0.15, 0.2) is 22.7 Å². The molecule has 0 fully saturated rings. The van der Waals surface area contributed by atoms with E-state index in [2.05, 4.69) is 21.2 Å². The van der Waals surface area contributed by atoms with Crippen LogP contribution in [0.25, 0.3) is 0 Å². The van der Waals surface area contributed by atoms with E-state index in [4.69, 9.17) is 5.73 Å². The molecule has 3 nitrogen and oxygen atoms in total. The molecule has 0 saturated heterocycles. The van der Waals surface area contributed by atoms with E-state index < -0.39 is 5.91 Å². The summed E-state index contributed by atoms with van der Waals surface area (Å²) in [6, 6.07) is 4.67. The van der Waals surface area contributed by atoms with E-state index in [1.54, 1.807) is 12.1 Å². The van der Waals surface area contributed by atoms with Gasteiger partial charge in [-0.1, -0.05) is 6.07 Å². The summed E-state index contributed by atoms with van der Waals surface area (Å²) in [6.07, 6.45) is 0. The van der Waals surface area contributed by atoms with Crippen molar-refractivity contribution < 1.29 is 9.18 Å². The van der Waals surface area contributed by atoms with Gasteiger partial charge in [0.2, 0.25) is 5.91 Å². The smallest absolute Gasteiger partial charge is 0.231 e. The van der Waals surface area contributed by atoms with Gasteiger partial charge in [-0.25, -0.2) is 4.39 Å². The van der Waals surface area contributed by atoms with Crippen LogP contribution in [-0.4, -0.2) is 12.5 Å². The van der Waals surface area contributed by atoms with Crippen LogP contribution in [0.4, 0.5) is 4.39 Å². The van der Waals surface area contributed by atoms with Crippen molar-refractivity contribution in [3.8, 4) is 0 Å². The minimum absolute atomic E-state index is 0.0469. The lowest BCUT2D eigenvalue weighted by molar-refractivity contribution is -0.117. The van der Waals surface area contributed by atoms with E-state index in [0.29, 0.717) is 4.47 Å². The number of carbonyl (C=O) groups is 1. The SMILES string of the molecule is CC(NCC(N)=O)c1ccc(F)c(Br)c1. The Morgan fingerprint density at radius 3 is 2.87 bits per heavy atom. The highest BCUT2D eigenvalue weighted by molar-refractivity contribution is 9.10. The van der Waals surface area contributed by atoms with E-state index in [1.807, 2.05) is 6.92 Å². The maximum absolute atomic E-state index is 12.9. The fourth-order valence-corrected chi connectivity index (χ4v) is 1.55. The average molecular weight is 275 g/mol. The number of nitrogens with one attached hydrogen (secondary N) is 1. The molecule has 82 valence electrons. The summed E-state index contributed by atoms with van der Waals surface area (Å²) in [7, 11) is 0. The maximum atomic E-state index is 12.9. The van der Waals surface area contributed by atoms with Gasteiger partial charge in [-0.15, -0.1) is 0 Å². The number of carbonyl (C=O) groups excluding carboxylic acids is 1. The Kier molecular flexibility index (Phi) is 4.23. The van der Waals surface area contributed by atoms with Gasteiger partial charge < -0.3 is 11.1 Å². The summed E-state index contributed by atoms with van der Waals surface area (Å²) in [5, 5.41) is 2.93. The normalized spacial score (nSPS) is 12.5. The van der Waals surface area contributed by atoms with Crippen molar-refractivity contribution in [2.24, 2.45) is 5.73 Å². The first kappa shape index (κ1) is 12.1. The second-order valence-electron chi connectivity index (χ2n) is 3.24. The first-order chi connectivity index (χ1) is 7.00. The van der Waals surface area contributed by atoms with E-state index >= 15 is 0 Å². The summed E-state index contributed by atoms with van der Waals surface area (Å²) in [5.41, 5.74) is 5.90. The molecule has 0 aliphatic heterocycles. The van der Waals surface area contributed by atoms with Crippen molar-refractivity contribution in [3.63, 3.8) is 0 Å². The standard InChI is InChI=1S/C10H12BrFN2O/c1-6(14-5-10(13)15)7-2-3-9(12)8(11)4-7/h2-4,6,14H,5H2,1H3,(H2,13,15). The lowest BCUT2D eigenvalue weighted by atomic mass is 10.1. The number of halogens is 2. The minimum Gasteiger partial charge on any atom is -0.369 e. The number of rotatable bonds is 4. The van der Waals surface area contributed by atoms with Gasteiger partial charge in [0.25, 0.3) is 0 Å². The number of primary amides is 1. The van der Waals surface area contributed by atoms with Gasteiger partial charge in [0.15, 0.2) is 0 Å². The third-order valence-electron chi connectivity index (χ3n) is 2.03. The summed E-state index contributed by atoms with van der Waals surface area (Å²) < 4.78 is 13.3. The molecule has 0 aliphatic rings. The highest BCUT2D eigenvalue weighted by atomic mass is 79.9. The molecular weight excluding hydrogens is 263 g/mol. The van der Waals surface area contributed by atoms with Crippen LogP contribution in [-0.2, 0) is 4.79 Å². The second-order valence-corrected chi connectivity index (χ2v) is 4.10. The maximum Gasteiger partial charge on any atom is 0.231 e. The van der Waals surface area contributed by atoms with Crippen molar-refractivity contribution in [2.45, 2.75) is 13.0 Å². The molecule has 0 heterocycles. The summed E-state index contributed by atoms with van der Waals surface area (Å²) in [6.45, 7) is 1.98. The average Bonchev–Trinajstić information content (AvgIpc) is 2.18. The van der Waals surface area contributed by atoms with Crippen LogP contribution >= 0.6 is 15.9 Å². The molecule has 0 radical (unpaired) electrons. The van der Waals surface area contributed by atoms with Gasteiger partial charge in [-0.2, -0.15) is 0 Å². The number of amides is 1. The largest absolute Gasteiger partial charge is 0.369 e. The Balaban J connectivity index is 2.69. The summed E-state index contributed by atoms with van der Waals surface area (Å²) in [4.78, 5) is 10.5. The second kappa shape index (κ2) is 5.23. The fourth-order valence-electron chi connectivity index (χ4n) is 1.15. The molecule has 1 atom stereocenters. The molecule has 0 aromatic heterocycles. The predicted molar refractivity (Wildman–Crippen MR) is 59.7 cm³/mol. The van der Waals surface area contributed by atoms with Gasteiger partial charge in [0.1, 0.15) is 5.82 Å². The van der Waals surface area contributed by atoms with Crippen LogP contribution in [0, 0.1) is 5.82 Å². The molecule has 1 unspecified atom stereocenters. The molecule has 3 N–H and O–H groups in total. The molecule has 5 heteroatoms. The van der Waals surface area contributed by atoms with Crippen molar-refractivity contribution in [1.29, 1.82) is 0 Å². The van der Waals surface area contributed by atoms with E-state index in [9.17, 15) is 9.18 Å². The number of nitrogens with two attached hydrogens (primary N) is 1. The van der Waals surface area contributed by atoms with Crippen LogP contribution < -0.4 is 11.1 Å². The molecule has 0 aliphatic carbocycles. The molecule has 1 aromatic carbocycles. The van der Waals surface area contributed by atoms with E-state index in [1.165, 1.54) is 6.07 Å². The Morgan fingerprint density at radius 1 is 1.67 bits per heavy atom. The van der Waals surface area contributed by atoms with Gasteiger partial charge in [-0.05, 0) is 40.5 Å². The van der Waals surface area contributed by atoms with Gasteiger partial charge in [-0.3, -0.25) is 4.79 Å². The van der Waals surface area contributed by atoms with Crippen molar-refractivity contribution >= 4 is 21.8 Å². The number of hydrogen-bond donors (Lipinski definition) is 2. The molecule has 0 spiro atoms. The first-order valence-electron chi connectivity index (χ1n) is 4.47. The quantitative estimate of drug-likeness (QED) is 0.879. The lowest BCUT2D eigenvalue weighted by Crippen LogP contribution is -2.30. The zero-order valence-corrected chi connectivity index (χ0v) is 9.84. The molecular formula is C10H12BrFN2O. The van der Waals surface area contributed by atoms with Gasteiger partial charge in [0, 0.05) is 6.04 Å². The summed E-state index contributed by atoms with van der Waals surface area (Å²) >= 11 is 3.10. The minimum atomic E-state index is -0.414. The summed E-state index contributed by atoms with van der Waals surface area (Å²) in [5.74, 6) is -0.719. The van der Waals surface area contributed by atoms with E-state index in [-0.39, 0.29) is 18.4 Å². The molecule has 15 heavy (non-hydrogen) atoms. The fraction of sp³-hybridized carbons (Fsp3) is 0.300. The van der Waals surface area contributed by atoms with Crippen molar-refractivity contribution in [1.82, 2.24) is 5.32 Å². The van der Waals surface area contributed by atoms with Crippen LogP contribution in [0.2, 0.25) is 0 Å². The van der Waals surface area contributed by atoms with E-state index in [0.717, 1.165) is 5.56 Å². The van der Waals surface area contributed by atoms with Crippen LogP contribution in [0.5, 0.6) is 0 Å². The molecule has 0 bridgehead atoms. The highest BCUT2D eigenvalue weighted by Gasteiger charge is 2.08. The van der Waals surface area contributed by atoms with Crippen LogP contribution in [0.1, 0.15) is 18.5 Å². The van der Waals surface area contributed by atoms with Gasteiger partial charge >= 0.3 is 0 Å². The topological polar surface area (TPSA) is 55.1 Å². The third-order valence-corrected chi connectivity index (χ3v) is 2.63. The Hall–Kier alpha value is -0.940. The Morgan fingerprint density at radius 2 is 2.33 bits per heavy atom. The number of hydrogen-bond acceptors (Lipinski definition) is 2. The Labute approximate surface area is 96.0 Å². The predicted octanol–water partition coefficient (Wildman–Crippen LogP) is 1.72. The monoisotopic (exact) mass is 274 g/mol. The zero-order valence-electron chi connectivity index (χ0n) is 8.26. The lowest BCUT2D eigenvalue weighted by Gasteiger charge is -2.13.